The number of amides is 1. The molecule has 0 bridgehead atoms. The lowest BCUT2D eigenvalue weighted by Crippen LogP contribution is -2.37. The summed E-state index contributed by atoms with van der Waals surface area (Å²) in [5.41, 5.74) is 0.761. The summed E-state index contributed by atoms with van der Waals surface area (Å²) < 4.78 is 12.2. The smallest absolute Gasteiger partial charge is 0.236 e. The maximum Gasteiger partial charge on any atom is 0.236 e. The Morgan fingerprint density at radius 2 is 2.19 bits per heavy atom. The zero-order valence-electron chi connectivity index (χ0n) is 8.98. The first-order valence-electron chi connectivity index (χ1n) is 4.72. The fourth-order valence-electron chi connectivity index (χ4n) is 1.04. The molecule has 0 radical (unpaired) electrons. The van der Waals surface area contributed by atoms with E-state index < -0.39 is 10.1 Å². The Morgan fingerprint density at radius 1 is 1.56 bits per heavy atom. The molecule has 0 aliphatic rings. The summed E-state index contributed by atoms with van der Waals surface area (Å²) in [6.07, 6.45) is 0. The molecule has 1 amide bonds. The lowest BCUT2D eigenvalue weighted by atomic mass is 10.2. The first-order chi connectivity index (χ1) is 7.30. The van der Waals surface area contributed by atoms with Crippen LogP contribution in [-0.4, -0.2) is 10.2 Å². The van der Waals surface area contributed by atoms with Crippen molar-refractivity contribution in [2.45, 2.75) is 24.7 Å². The van der Waals surface area contributed by atoms with Gasteiger partial charge < -0.3 is 5.32 Å². The Balaban J connectivity index is 2.62. The molecule has 0 saturated heterocycles. The van der Waals surface area contributed by atoms with Crippen LogP contribution < -0.4 is 5.32 Å². The van der Waals surface area contributed by atoms with Crippen LogP contribution in [0.4, 0.5) is 4.39 Å². The van der Waals surface area contributed by atoms with Gasteiger partial charge in [0.05, 0.1) is 9.35 Å². The number of alkyl halides is 1. The van der Waals surface area contributed by atoms with Crippen molar-refractivity contribution in [3.05, 3.63) is 34.6 Å². The van der Waals surface area contributed by atoms with E-state index in [1.165, 1.54) is 12.1 Å². The van der Waals surface area contributed by atoms with E-state index in [1.807, 2.05) is 0 Å². The summed E-state index contributed by atoms with van der Waals surface area (Å²) in [6.45, 7) is 3.83. The van der Waals surface area contributed by atoms with Gasteiger partial charge in [-0.2, -0.15) is 0 Å². The van der Waals surface area contributed by atoms with Crippen LogP contribution in [0, 0.1) is 5.82 Å². The second kappa shape index (κ2) is 5.15. The average molecular weight is 309 g/mol. The van der Waals surface area contributed by atoms with E-state index in [0.717, 1.165) is 5.56 Å². The van der Waals surface area contributed by atoms with Crippen LogP contribution in [0.25, 0.3) is 0 Å². The van der Waals surface area contributed by atoms with Crippen LogP contribution in [0.1, 0.15) is 19.4 Å². The van der Waals surface area contributed by atoms with Crippen LogP contribution in [0.2, 0.25) is 5.02 Å². The molecule has 0 aromatic heterocycles. The zero-order chi connectivity index (χ0) is 12.3. The summed E-state index contributed by atoms with van der Waals surface area (Å²) in [7, 11) is 0. The van der Waals surface area contributed by atoms with E-state index in [9.17, 15) is 9.18 Å². The highest BCUT2D eigenvalue weighted by molar-refractivity contribution is 9.10. The van der Waals surface area contributed by atoms with Gasteiger partial charge in [0.1, 0.15) is 5.82 Å². The molecular formula is C11H12BrClFNO. The second-order valence-corrected chi connectivity index (χ2v) is 6.29. The molecule has 0 heterocycles. The third-order valence-electron chi connectivity index (χ3n) is 1.98. The molecule has 2 nitrogen and oxygen atoms in total. The molecule has 5 heteroatoms. The first-order valence-corrected chi connectivity index (χ1v) is 5.89. The van der Waals surface area contributed by atoms with Gasteiger partial charge in [0.15, 0.2) is 0 Å². The molecule has 1 rings (SSSR count). The highest BCUT2D eigenvalue weighted by atomic mass is 79.9. The van der Waals surface area contributed by atoms with Crippen LogP contribution >= 0.6 is 27.5 Å². The SMILES string of the molecule is CC(C)(Br)C(=O)NCc1ccc(F)c(Cl)c1. The van der Waals surface area contributed by atoms with Gasteiger partial charge in [-0.15, -0.1) is 0 Å². The van der Waals surface area contributed by atoms with E-state index in [0.29, 0.717) is 6.54 Å². The van der Waals surface area contributed by atoms with Crippen LogP contribution in [0.15, 0.2) is 18.2 Å². The normalized spacial score (nSPS) is 11.3. The molecule has 88 valence electrons. The number of carbonyl (C=O) groups is 1. The fraction of sp³-hybridized carbons (Fsp3) is 0.364. The highest BCUT2D eigenvalue weighted by Crippen LogP contribution is 2.17. The summed E-state index contributed by atoms with van der Waals surface area (Å²) in [5, 5.41) is 2.78. The molecule has 0 atom stereocenters. The van der Waals surface area contributed by atoms with Gasteiger partial charge in [-0.1, -0.05) is 33.6 Å². The Hall–Kier alpha value is -0.610. The van der Waals surface area contributed by atoms with Gasteiger partial charge >= 0.3 is 0 Å². The molecule has 0 aliphatic carbocycles. The van der Waals surface area contributed by atoms with Crippen molar-refractivity contribution in [1.29, 1.82) is 0 Å². The van der Waals surface area contributed by atoms with E-state index >= 15 is 0 Å². The Labute approximate surface area is 107 Å². The number of carbonyl (C=O) groups excluding carboxylic acids is 1. The van der Waals surface area contributed by atoms with Crippen molar-refractivity contribution in [3.8, 4) is 0 Å². The Bertz CT molecular complexity index is 403. The van der Waals surface area contributed by atoms with Crippen LogP contribution in [0.3, 0.4) is 0 Å². The van der Waals surface area contributed by atoms with E-state index in [2.05, 4.69) is 21.2 Å². The predicted molar refractivity (Wildman–Crippen MR) is 66.3 cm³/mol. The molecule has 1 N–H and O–H groups in total. The maximum absolute atomic E-state index is 12.9. The third-order valence-corrected chi connectivity index (χ3v) is 2.63. The first kappa shape index (κ1) is 13.5. The maximum atomic E-state index is 12.9. The van der Waals surface area contributed by atoms with Crippen molar-refractivity contribution < 1.29 is 9.18 Å². The number of halogens is 3. The number of hydrogen-bond acceptors (Lipinski definition) is 1. The standard InChI is InChI=1S/C11H12BrClFNO/c1-11(2,12)10(16)15-6-7-3-4-9(14)8(13)5-7/h3-5H,6H2,1-2H3,(H,15,16). The monoisotopic (exact) mass is 307 g/mol. The fourth-order valence-corrected chi connectivity index (χ4v) is 1.39. The minimum atomic E-state index is -0.614. The largest absolute Gasteiger partial charge is 0.351 e. The topological polar surface area (TPSA) is 29.1 Å². The molecule has 0 unspecified atom stereocenters. The minimum absolute atomic E-state index is 0.0600. The molecule has 1 aromatic carbocycles. The van der Waals surface area contributed by atoms with Gasteiger partial charge in [0, 0.05) is 6.54 Å². The average Bonchev–Trinajstić information content (AvgIpc) is 2.18. The molecule has 0 saturated carbocycles. The Morgan fingerprint density at radius 3 is 2.69 bits per heavy atom. The number of nitrogens with one attached hydrogen (secondary N) is 1. The summed E-state index contributed by atoms with van der Waals surface area (Å²) >= 11 is 8.87. The van der Waals surface area contributed by atoms with Gasteiger partial charge in [-0.05, 0) is 31.5 Å². The van der Waals surface area contributed by atoms with Crippen molar-refractivity contribution in [3.63, 3.8) is 0 Å². The lowest BCUT2D eigenvalue weighted by molar-refractivity contribution is -0.122. The van der Waals surface area contributed by atoms with Crippen molar-refractivity contribution in [2.75, 3.05) is 0 Å². The molecule has 0 spiro atoms. The van der Waals surface area contributed by atoms with Gasteiger partial charge in [-0.25, -0.2) is 4.39 Å². The predicted octanol–water partition coefficient (Wildman–Crippen LogP) is 3.27. The molecule has 16 heavy (non-hydrogen) atoms. The molecule has 0 aliphatic heterocycles. The number of rotatable bonds is 3. The van der Waals surface area contributed by atoms with Gasteiger partial charge in [-0.3, -0.25) is 4.79 Å². The van der Waals surface area contributed by atoms with E-state index in [4.69, 9.17) is 11.6 Å². The number of benzene rings is 1. The summed E-state index contributed by atoms with van der Waals surface area (Å²) in [4.78, 5) is 11.5. The molecular weight excluding hydrogens is 296 g/mol. The summed E-state index contributed by atoms with van der Waals surface area (Å²) in [6, 6.07) is 4.37. The minimum Gasteiger partial charge on any atom is -0.351 e. The quantitative estimate of drug-likeness (QED) is 0.853. The molecule has 0 fully saturated rings. The molecule has 1 aromatic rings. The van der Waals surface area contributed by atoms with Gasteiger partial charge in [0.2, 0.25) is 5.91 Å². The second-order valence-electron chi connectivity index (χ2n) is 3.90. The van der Waals surface area contributed by atoms with Gasteiger partial charge in [0.25, 0.3) is 0 Å². The van der Waals surface area contributed by atoms with E-state index in [1.54, 1.807) is 19.9 Å². The Kier molecular flexibility index (Phi) is 4.33. The number of hydrogen-bond donors (Lipinski definition) is 1. The van der Waals surface area contributed by atoms with Crippen LogP contribution in [0.5, 0.6) is 0 Å². The zero-order valence-corrected chi connectivity index (χ0v) is 11.3. The van der Waals surface area contributed by atoms with Crippen molar-refractivity contribution in [2.24, 2.45) is 0 Å². The summed E-state index contributed by atoms with van der Waals surface area (Å²) in [5.74, 6) is -0.592. The van der Waals surface area contributed by atoms with E-state index in [-0.39, 0.29) is 10.9 Å². The van der Waals surface area contributed by atoms with Crippen molar-refractivity contribution >= 4 is 33.4 Å². The highest BCUT2D eigenvalue weighted by Gasteiger charge is 2.22. The third kappa shape index (κ3) is 3.76. The van der Waals surface area contributed by atoms with Crippen LogP contribution in [-0.2, 0) is 11.3 Å². The van der Waals surface area contributed by atoms with Crippen molar-refractivity contribution in [1.82, 2.24) is 5.32 Å². The lowest BCUT2D eigenvalue weighted by Gasteiger charge is -2.15.